The van der Waals surface area contributed by atoms with Crippen LogP contribution in [-0.4, -0.2) is 31.0 Å². The van der Waals surface area contributed by atoms with Crippen LogP contribution in [0.3, 0.4) is 0 Å². The highest BCUT2D eigenvalue weighted by molar-refractivity contribution is 6.34. The van der Waals surface area contributed by atoms with Gasteiger partial charge in [0.1, 0.15) is 12.7 Å². The zero-order valence-corrected chi connectivity index (χ0v) is 11.6. The molecule has 0 aliphatic heterocycles. The number of alkyl halides is 4. The summed E-state index contributed by atoms with van der Waals surface area (Å²) >= 11 is 5.81. The van der Waals surface area contributed by atoms with Crippen LogP contribution in [0.1, 0.15) is 6.92 Å². The van der Waals surface area contributed by atoms with Gasteiger partial charge in [0, 0.05) is 5.69 Å². The molecule has 1 unspecified atom stereocenters. The highest BCUT2D eigenvalue weighted by atomic mass is 35.5. The predicted octanol–water partition coefficient (Wildman–Crippen LogP) is 3.17. The van der Waals surface area contributed by atoms with Crippen molar-refractivity contribution in [3.05, 3.63) is 23.2 Å². The van der Waals surface area contributed by atoms with Crippen molar-refractivity contribution in [3.8, 4) is 0 Å². The molecule has 0 bridgehead atoms. The van der Waals surface area contributed by atoms with Gasteiger partial charge in [0.15, 0.2) is 0 Å². The standard InChI is InChI=1S/C12H13ClF4N2O2/c1-6(21-5-12(16,17)11(14)15)10(20)19-9-3-2-7(18)4-8(9)13/h2-4,6,11H,5,18H2,1H3,(H,19,20). The third-order valence-electron chi connectivity index (χ3n) is 2.47. The Morgan fingerprint density at radius 1 is 1.48 bits per heavy atom. The average molecular weight is 329 g/mol. The molecule has 0 spiro atoms. The molecule has 1 amide bonds. The van der Waals surface area contributed by atoms with Crippen LogP contribution in [0.2, 0.25) is 5.02 Å². The second-order valence-corrected chi connectivity index (χ2v) is 4.65. The van der Waals surface area contributed by atoms with Crippen LogP contribution in [0.4, 0.5) is 28.9 Å². The summed E-state index contributed by atoms with van der Waals surface area (Å²) in [7, 11) is 0. The van der Waals surface area contributed by atoms with Gasteiger partial charge in [0.2, 0.25) is 0 Å². The summed E-state index contributed by atoms with van der Waals surface area (Å²) in [6, 6.07) is 4.27. The minimum absolute atomic E-state index is 0.147. The molecule has 1 atom stereocenters. The van der Waals surface area contributed by atoms with Crippen molar-refractivity contribution in [1.29, 1.82) is 0 Å². The molecule has 21 heavy (non-hydrogen) atoms. The van der Waals surface area contributed by atoms with Crippen molar-refractivity contribution in [3.63, 3.8) is 0 Å². The Balaban J connectivity index is 2.59. The van der Waals surface area contributed by atoms with Gasteiger partial charge in [-0.05, 0) is 25.1 Å². The van der Waals surface area contributed by atoms with E-state index < -0.39 is 31.0 Å². The van der Waals surface area contributed by atoms with E-state index in [9.17, 15) is 22.4 Å². The first-order valence-corrected chi connectivity index (χ1v) is 6.14. The van der Waals surface area contributed by atoms with E-state index in [0.717, 1.165) is 6.92 Å². The molecule has 9 heteroatoms. The molecule has 0 radical (unpaired) electrons. The molecule has 0 saturated heterocycles. The average Bonchev–Trinajstić information content (AvgIpc) is 2.39. The lowest BCUT2D eigenvalue weighted by Gasteiger charge is -2.19. The fourth-order valence-corrected chi connectivity index (χ4v) is 1.48. The Kier molecular flexibility index (Phi) is 5.79. The summed E-state index contributed by atoms with van der Waals surface area (Å²) in [5.74, 6) is -5.11. The molecule has 0 heterocycles. The van der Waals surface area contributed by atoms with Crippen molar-refractivity contribution < 1.29 is 27.1 Å². The van der Waals surface area contributed by atoms with Gasteiger partial charge in [0.05, 0.1) is 10.7 Å². The number of nitrogens with one attached hydrogen (secondary N) is 1. The molecule has 0 aliphatic carbocycles. The highest BCUT2D eigenvalue weighted by Gasteiger charge is 2.41. The fraction of sp³-hybridized carbons (Fsp3) is 0.417. The first-order valence-electron chi connectivity index (χ1n) is 5.77. The number of anilines is 2. The van der Waals surface area contributed by atoms with Gasteiger partial charge in [-0.1, -0.05) is 11.6 Å². The molecule has 0 aliphatic rings. The maximum absolute atomic E-state index is 12.7. The molecule has 1 aromatic rings. The summed E-state index contributed by atoms with van der Waals surface area (Å²) in [5, 5.41) is 2.47. The number of amides is 1. The van der Waals surface area contributed by atoms with E-state index in [2.05, 4.69) is 10.1 Å². The lowest BCUT2D eigenvalue weighted by atomic mass is 10.2. The third-order valence-corrected chi connectivity index (χ3v) is 2.78. The molecular weight excluding hydrogens is 316 g/mol. The number of carbonyl (C=O) groups excluding carboxylic acids is 1. The van der Waals surface area contributed by atoms with E-state index in [1.54, 1.807) is 0 Å². The third kappa shape index (κ3) is 5.05. The van der Waals surface area contributed by atoms with Gasteiger partial charge >= 0.3 is 12.3 Å². The lowest BCUT2D eigenvalue weighted by Crippen LogP contribution is -2.37. The molecule has 0 fully saturated rings. The molecule has 1 aromatic carbocycles. The first kappa shape index (κ1) is 17.5. The topological polar surface area (TPSA) is 64.3 Å². The number of rotatable bonds is 6. The Labute approximate surface area is 123 Å². The molecule has 0 aromatic heterocycles. The second kappa shape index (κ2) is 6.95. The van der Waals surface area contributed by atoms with Crippen LogP contribution >= 0.6 is 11.6 Å². The summed E-state index contributed by atoms with van der Waals surface area (Å²) in [6.07, 6.45) is -5.22. The second-order valence-electron chi connectivity index (χ2n) is 4.24. The zero-order chi connectivity index (χ0) is 16.2. The van der Waals surface area contributed by atoms with Crippen LogP contribution in [0.5, 0.6) is 0 Å². The van der Waals surface area contributed by atoms with E-state index in [1.807, 2.05) is 0 Å². The van der Waals surface area contributed by atoms with E-state index >= 15 is 0 Å². The SMILES string of the molecule is CC(OCC(F)(F)C(F)F)C(=O)Nc1ccc(N)cc1Cl. The minimum atomic E-state index is -4.31. The largest absolute Gasteiger partial charge is 0.399 e. The first-order chi connectivity index (χ1) is 9.63. The smallest absolute Gasteiger partial charge is 0.330 e. The van der Waals surface area contributed by atoms with Crippen LogP contribution in [0.25, 0.3) is 0 Å². The van der Waals surface area contributed by atoms with Gasteiger partial charge in [-0.3, -0.25) is 4.79 Å². The van der Waals surface area contributed by atoms with Crippen molar-refractivity contribution in [2.75, 3.05) is 17.7 Å². The van der Waals surface area contributed by atoms with E-state index in [0.29, 0.717) is 5.69 Å². The number of hydrogen-bond acceptors (Lipinski definition) is 3. The minimum Gasteiger partial charge on any atom is -0.399 e. The van der Waals surface area contributed by atoms with Gasteiger partial charge in [0.25, 0.3) is 5.91 Å². The predicted molar refractivity (Wildman–Crippen MR) is 70.9 cm³/mol. The quantitative estimate of drug-likeness (QED) is 0.623. The Morgan fingerprint density at radius 2 is 2.10 bits per heavy atom. The monoisotopic (exact) mass is 328 g/mol. The Morgan fingerprint density at radius 3 is 2.62 bits per heavy atom. The highest BCUT2D eigenvalue weighted by Crippen LogP contribution is 2.25. The van der Waals surface area contributed by atoms with Crippen LogP contribution < -0.4 is 11.1 Å². The molecule has 4 nitrogen and oxygen atoms in total. The number of halogens is 5. The Hall–Kier alpha value is -1.54. The molecule has 3 N–H and O–H groups in total. The number of carbonyl (C=O) groups is 1. The molecular formula is C12H13ClF4N2O2. The molecule has 1 rings (SSSR count). The van der Waals surface area contributed by atoms with Crippen molar-refractivity contribution in [1.82, 2.24) is 0 Å². The maximum atomic E-state index is 12.7. The Bertz CT molecular complexity index is 514. The van der Waals surface area contributed by atoms with Crippen molar-refractivity contribution in [2.45, 2.75) is 25.4 Å². The van der Waals surface area contributed by atoms with Gasteiger partial charge < -0.3 is 15.8 Å². The van der Waals surface area contributed by atoms with Crippen LogP contribution in [0, 0.1) is 0 Å². The maximum Gasteiger partial charge on any atom is 0.330 e. The van der Waals surface area contributed by atoms with Crippen molar-refractivity contribution in [2.24, 2.45) is 0 Å². The normalized spacial score (nSPS) is 13.3. The molecule has 0 saturated carbocycles. The number of hydrogen-bond donors (Lipinski definition) is 2. The fourth-order valence-electron chi connectivity index (χ4n) is 1.24. The number of nitrogen functional groups attached to an aromatic ring is 1. The van der Waals surface area contributed by atoms with Gasteiger partial charge in [-0.25, -0.2) is 8.78 Å². The van der Waals surface area contributed by atoms with Crippen LogP contribution in [0.15, 0.2) is 18.2 Å². The van der Waals surface area contributed by atoms with E-state index in [4.69, 9.17) is 17.3 Å². The van der Waals surface area contributed by atoms with Crippen LogP contribution in [-0.2, 0) is 9.53 Å². The number of ether oxygens (including phenoxy) is 1. The molecule has 118 valence electrons. The summed E-state index contributed by atoms with van der Waals surface area (Å²) in [4.78, 5) is 11.7. The number of nitrogens with two attached hydrogens (primary N) is 1. The summed E-state index contributed by atoms with van der Waals surface area (Å²) in [6.45, 7) is -0.406. The number of benzene rings is 1. The van der Waals surface area contributed by atoms with E-state index in [-0.39, 0.29) is 10.7 Å². The summed E-state index contributed by atoms with van der Waals surface area (Å²) in [5.41, 5.74) is 6.04. The lowest BCUT2D eigenvalue weighted by molar-refractivity contribution is -0.176. The van der Waals surface area contributed by atoms with E-state index in [1.165, 1.54) is 18.2 Å². The summed E-state index contributed by atoms with van der Waals surface area (Å²) < 4.78 is 53.7. The van der Waals surface area contributed by atoms with Crippen molar-refractivity contribution >= 4 is 28.9 Å². The van der Waals surface area contributed by atoms with Gasteiger partial charge in [-0.2, -0.15) is 8.78 Å². The van der Waals surface area contributed by atoms with Gasteiger partial charge in [-0.15, -0.1) is 0 Å². The zero-order valence-electron chi connectivity index (χ0n) is 10.9.